The van der Waals surface area contributed by atoms with E-state index in [2.05, 4.69) is 4.98 Å². The SMILES string of the molecule is O=C(OCCCCc1cccnc1)c1ccc(CS(=O)(=O)c2cccc(-c3cc(F)ccc3O)c2)cc1O. The van der Waals surface area contributed by atoms with Crippen LogP contribution in [0.2, 0.25) is 0 Å². The summed E-state index contributed by atoms with van der Waals surface area (Å²) >= 11 is 0. The van der Waals surface area contributed by atoms with E-state index in [-0.39, 0.29) is 39.7 Å². The molecule has 0 amide bonds. The van der Waals surface area contributed by atoms with Crippen molar-refractivity contribution in [2.24, 2.45) is 0 Å². The molecule has 0 fully saturated rings. The van der Waals surface area contributed by atoms with Crippen molar-refractivity contribution in [2.45, 2.75) is 29.9 Å². The van der Waals surface area contributed by atoms with E-state index in [9.17, 15) is 27.8 Å². The summed E-state index contributed by atoms with van der Waals surface area (Å²) in [5, 5.41) is 20.4. The first-order chi connectivity index (χ1) is 18.2. The third kappa shape index (κ3) is 6.74. The van der Waals surface area contributed by atoms with Crippen LogP contribution in [0, 0.1) is 5.82 Å². The van der Waals surface area contributed by atoms with Gasteiger partial charge in [-0.3, -0.25) is 4.98 Å². The lowest BCUT2D eigenvalue weighted by Crippen LogP contribution is -2.09. The number of benzene rings is 3. The first-order valence-electron chi connectivity index (χ1n) is 11.9. The second-order valence-corrected chi connectivity index (χ2v) is 10.7. The van der Waals surface area contributed by atoms with Crippen molar-refractivity contribution in [3.05, 3.63) is 108 Å². The van der Waals surface area contributed by atoms with Crippen molar-refractivity contribution >= 4 is 15.8 Å². The minimum absolute atomic E-state index is 0.0343. The molecule has 0 saturated heterocycles. The fourth-order valence-corrected chi connectivity index (χ4v) is 5.34. The number of nitrogens with zero attached hydrogens (tertiary/aromatic N) is 1. The highest BCUT2D eigenvalue weighted by atomic mass is 32.2. The largest absolute Gasteiger partial charge is 0.507 e. The number of sulfone groups is 1. The Balaban J connectivity index is 1.38. The van der Waals surface area contributed by atoms with Crippen LogP contribution in [-0.2, 0) is 26.7 Å². The summed E-state index contributed by atoms with van der Waals surface area (Å²) in [5.41, 5.74) is 1.82. The van der Waals surface area contributed by atoms with Gasteiger partial charge in [0.25, 0.3) is 0 Å². The standard InChI is InChI=1S/C29H26FNO6S/c30-23-10-12-27(32)26(17-23)22-7-3-8-24(16-22)38(35,36)19-21-9-11-25(28(33)15-21)29(34)37-14-2-1-5-20-6-4-13-31-18-20/h3-4,6-13,15-18,32-33H,1-2,5,14,19H2. The summed E-state index contributed by atoms with van der Waals surface area (Å²) < 4.78 is 45.0. The number of phenolic OH excluding ortho intramolecular Hbond substituents is 2. The summed E-state index contributed by atoms with van der Waals surface area (Å²) in [5.74, 6) is -2.26. The summed E-state index contributed by atoms with van der Waals surface area (Å²) in [6.07, 6.45) is 5.76. The van der Waals surface area contributed by atoms with Crippen LogP contribution in [0.1, 0.15) is 34.3 Å². The number of carbonyl (C=O) groups excluding carboxylic acids is 1. The lowest BCUT2D eigenvalue weighted by molar-refractivity contribution is 0.0495. The number of pyridine rings is 1. The summed E-state index contributed by atoms with van der Waals surface area (Å²) in [7, 11) is -3.87. The van der Waals surface area contributed by atoms with Crippen LogP contribution < -0.4 is 0 Å². The molecule has 38 heavy (non-hydrogen) atoms. The van der Waals surface area contributed by atoms with E-state index in [0.29, 0.717) is 12.0 Å². The topological polar surface area (TPSA) is 114 Å². The molecule has 0 bridgehead atoms. The molecule has 0 unspecified atom stereocenters. The van der Waals surface area contributed by atoms with E-state index in [0.717, 1.165) is 30.5 Å². The van der Waals surface area contributed by atoms with E-state index in [1.165, 1.54) is 42.5 Å². The molecule has 4 rings (SSSR count). The summed E-state index contributed by atoms with van der Waals surface area (Å²) in [6.45, 7) is 0.186. The summed E-state index contributed by atoms with van der Waals surface area (Å²) in [6, 6.07) is 17.1. The summed E-state index contributed by atoms with van der Waals surface area (Å²) in [4.78, 5) is 16.4. The van der Waals surface area contributed by atoms with Gasteiger partial charge < -0.3 is 14.9 Å². The van der Waals surface area contributed by atoms with Crippen LogP contribution in [0.5, 0.6) is 11.5 Å². The molecule has 0 aliphatic rings. The molecule has 1 heterocycles. The third-order valence-electron chi connectivity index (χ3n) is 5.92. The quantitative estimate of drug-likeness (QED) is 0.205. The van der Waals surface area contributed by atoms with Crippen LogP contribution in [0.25, 0.3) is 11.1 Å². The van der Waals surface area contributed by atoms with Gasteiger partial charge in [0, 0.05) is 18.0 Å². The molecule has 0 spiro atoms. The number of rotatable bonds is 10. The van der Waals surface area contributed by atoms with Gasteiger partial charge in [0.05, 0.1) is 17.3 Å². The van der Waals surface area contributed by atoms with Gasteiger partial charge >= 0.3 is 5.97 Å². The molecule has 0 aliphatic carbocycles. The smallest absolute Gasteiger partial charge is 0.341 e. The monoisotopic (exact) mass is 535 g/mol. The van der Waals surface area contributed by atoms with Crippen LogP contribution >= 0.6 is 0 Å². The predicted molar refractivity (Wildman–Crippen MR) is 140 cm³/mol. The first-order valence-corrected chi connectivity index (χ1v) is 13.6. The Bertz CT molecular complexity index is 1540. The molecular formula is C29H26FNO6S. The molecule has 7 nitrogen and oxygen atoms in total. The number of aryl methyl sites for hydroxylation is 1. The van der Waals surface area contributed by atoms with E-state index in [4.69, 9.17) is 4.74 Å². The van der Waals surface area contributed by atoms with Crippen LogP contribution in [0.4, 0.5) is 4.39 Å². The number of hydrogen-bond acceptors (Lipinski definition) is 7. The van der Waals surface area contributed by atoms with Gasteiger partial charge in [0.2, 0.25) is 0 Å². The Hall–Kier alpha value is -4.24. The Morgan fingerprint density at radius 2 is 1.74 bits per heavy atom. The molecule has 0 atom stereocenters. The zero-order valence-corrected chi connectivity index (χ0v) is 21.2. The van der Waals surface area contributed by atoms with Crippen molar-refractivity contribution in [1.82, 2.24) is 4.98 Å². The molecular weight excluding hydrogens is 509 g/mol. The zero-order chi connectivity index (χ0) is 27.1. The fourth-order valence-electron chi connectivity index (χ4n) is 3.96. The van der Waals surface area contributed by atoms with Crippen LogP contribution in [-0.4, -0.2) is 36.2 Å². The van der Waals surface area contributed by atoms with Crippen molar-refractivity contribution < 1.29 is 32.6 Å². The van der Waals surface area contributed by atoms with E-state index in [1.807, 2.05) is 12.1 Å². The molecule has 1 aromatic heterocycles. The van der Waals surface area contributed by atoms with Crippen molar-refractivity contribution in [3.63, 3.8) is 0 Å². The number of ether oxygens (including phenoxy) is 1. The van der Waals surface area contributed by atoms with Crippen LogP contribution in [0.3, 0.4) is 0 Å². The van der Waals surface area contributed by atoms with Gasteiger partial charge in [-0.25, -0.2) is 17.6 Å². The second-order valence-electron chi connectivity index (χ2n) is 8.75. The highest BCUT2D eigenvalue weighted by Gasteiger charge is 2.20. The molecule has 9 heteroatoms. The number of carbonyl (C=O) groups is 1. The minimum Gasteiger partial charge on any atom is -0.507 e. The third-order valence-corrected chi connectivity index (χ3v) is 7.60. The molecule has 3 aromatic carbocycles. The van der Waals surface area contributed by atoms with Crippen LogP contribution in [0.15, 0.2) is 90.1 Å². The highest BCUT2D eigenvalue weighted by Crippen LogP contribution is 2.32. The normalized spacial score (nSPS) is 11.3. The van der Waals surface area contributed by atoms with Crippen molar-refractivity contribution in [1.29, 1.82) is 0 Å². The van der Waals surface area contributed by atoms with E-state index >= 15 is 0 Å². The van der Waals surface area contributed by atoms with Gasteiger partial charge in [-0.2, -0.15) is 0 Å². The lowest BCUT2D eigenvalue weighted by atomic mass is 10.0. The maximum atomic E-state index is 13.7. The second kappa shape index (κ2) is 11.9. The van der Waals surface area contributed by atoms with Gasteiger partial charge in [-0.1, -0.05) is 24.3 Å². The average Bonchev–Trinajstić information content (AvgIpc) is 2.90. The molecule has 0 saturated carbocycles. The van der Waals surface area contributed by atoms with Gasteiger partial charge in [0.15, 0.2) is 9.84 Å². The molecule has 2 N–H and O–H groups in total. The molecule has 196 valence electrons. The molecule has 0 radical (unpaired) electrons. The minimum atomic E-state index is -3.87. The number of unbranched alkanes of at least 4 members (excludes halogenated alkanes) is 1. The molecule has 0 aliphatic heterocycles. The number of aromatic hydroxyl groups is 2. The van der Waals surface area contributed by atoms with Crippen molar-refractivity contribution in [3.8, 4) is 22.6 Å². The van der Waals surface area contributed by atoms with Crippen molar-refractivity contribution in [2.75, 3.05) is 6.61 Å². The lowest BCUT2D eigenvalue weighted by Gasteiger charge is -2.10. The Labute approximate surface area is 220 Å². The number of hydrogen-bond donors (Lipinski definition) is 2. The first kappa shape index (κ1) is 26.8. The Kier molecular flexibility index (Phi) is 8.38. The van der Waals surface area contributed by atoms with Gasteiger partial charge in [0.1, 0.15) is 22.9 Å². The Morgan fingerprint density at radius 1 is 0.895 bits per heavy atom. The van der Waals surface area contributed by atoms with Gasteiger partial charge in [-0.15, -0.1) is 0 Å². The number of aromatic nitrogens is 1. The maximum Gasteiger partial charge on any atom is 0.341 e. The molecule has 4 aromatic rings. The average molecular weight is 536 g/mol. The number of esters is 1. The van der Waals surface area contributed by atoms with E-state index < -0.39 is 27.4 Å². The highest BCUT2D eigenvalue weighted by molar-refractivity contribution is 7.90. The Morgan fingerprint density at radius 3 is 2.50 bits per heavy atom. The van der Waals surface area contributed by atoms with Gasteiger partial charge in [-0.05, 0) is 84.5 Å². The maximum absolute atomic E-state index is 13.7. The van der Waals surface area contributed by atoms with E-state index in [1.54, 1.807) is 18.5 Å². The number of halogens is 1. The fraction of sp³-hybridized carbons (Fsp3) is 0.172. The zero-order valence-electron chi connectivity index (χ0n) is 20.4. The predicted octanol–water partition coefficient (Wildman–Crippen LogP) is 5.45. The number of phenols is 2.